The maximum absolute atomic E-state index is 13.5. The van der Waals surface area contributed by atoms with E-state index < -0.39 is 12.1 Å². The van der Waals surface area contributed by atoms with E-state index in [4.69, 9.17) is 9.47 Å². The van der Waals surface area contributed by atoms with Crippen LogP contribution in [0.1, 0.15) is 29.8 Å². The van der Waals surface area contributed by atoms with Crippen LogP contribution >= 0.6 is 0 Å². The number of aliphatic hydroxyl groups excluding tert-OH is 1. The number of aromatic nitrogens is 1. The van der Waals surface area contributed by atoms with Crippen molar-refractivity contribution in [3.8, 4) is 23.5 Å². The molecule has 1 aliphatic heterocycles. The summed E-state index contributed by atoms with van der Waals surface area (Å²) in [5.74, 6) is 6.54. The van der Waals surface area contributed by atoms with Gasteiger partial charge in [-0.15, -0.1) is 0 Å². The second-order valence-electron chi connectivity index (χ2n) is 9.78. The number of likely N-dealkylation sites (N-methyl/N-ethyl adjacent to an activating group) is 1. The van der Waals surface area contributed by atoms with Crippen molar-refractivity contribution >= 4 is 17.6 Å². The summed E-state index contributed by atoms with van der Waals surface area (Å²) in [7, 11) is 7.12. The van der Waals surface area contributed by atoms with Crippen molar-refractivity contribution < 1.29 is 24.2 Å². The molecule has 0 radical (unpaired) electrons. The van der Waals surface area contributed by atoms with Gasteiger partial charge >= 0.3 is 6.03 Å². The molecular formula is C28H37N5O5. The van der Waals surface area contributed by atoms with Gasteiger partial charge in [-0.2, -0.15) is 0 Å². The molecule has 0 spiro atoms. The SMILES string of the molecule is COc1ccc(NC(=O)N(C)C[C@@H]2Oc3ncc(C#CCN(C)C)cc3C(=O)N([C@@H](C)CO)C[C@H]2C)cc1. The molecule has 0 fully saturated rings. The molecular weight excluding hydrogens is 486 g/mol. The van der Waals surface area contributed by atoms with E-state index in [1.54, 1.807) is 62.5 Å². The van der Waals surface area contributed by atoms with Crippen molar-refractivity contribution in [3.63, 3.8) is 0 Å². The third-order valence-corrected chi connectivity index (χ3v) is 6.29. The predicted octanol–water partition coefficient (Wildman–Crippen LogP) is 2.39. The molecule has 10 nitrogen and oxygen atoms in total. The number of carbonyl (C=O) groups excluding carboxylic acids is 2. The van der Waals surface area contributed by atoms with E-state index in [1.807, 2.05) is 25.9 Å². The van der Waals surface area contributed by atoms with Gasteiger partial charge in [-0.1, -0.05) is 18.8 Å². The summed E-state index contributed by atoms with van der Waals surface area (Å²) in [6.45, 7) is 4.74. The summed E-state index contributed by atoms with van der Waals surface area (Å²) >= 11 is 0. The second kappa shape index (κ2) is 13.1. The number of nitrogens with one attached hydrogen (secondary N) is 1. The number of nitrogens with zero attached hydrogens (tertiary/aromatic N) is 4. The van der Waals surface area contributed by atoms with Crippen LogP contribution in [0.5, 0.6) is 11.6 Å². The zero-order valence-corrected chi connectivity index (χ0v) is 22.9. The summed E-state index contributed by atoms with van der Waals surface area (Å²) < 4.78 is 11.4. The van der Waals surface area contributed by atoms with Crippen LogP contribution in [-0.4, -0.2) is 103 Å². The van der Waals surface area contributed by atoms with Gasteiger partial charge in [0.05, 0.1) is 32.8 Å². The van der Waals surface area contributed by atoms with Crippen LogP contribution < -0.4 is 14.8 Å². The molecule has 1 aromatic heterocycles. The van der Waals surface area contributed by atoms with Gasteiger partial charge in [-0.05, 0) is 51.4 Å². The Morgan fingerprint density at radius 1 is 1.32 bits per heavy atom. The molecule has 1 aliphatic rings. The van der Waals surface area contributed by atoms with Gasteiger partial charge < -0.3 is 29.7 Å². The van der Waals surface area contributed by atoms with Crippen molar-refractivity contribution in [2.45, 2.75) is 26.0 Å². The predicted molar refractivity (Wildman–Crippen MR) is 145 cm³/mol. The highest BCUT2D eigenvalue weighted by Gasteiger charge is 2.34. The molecule has 0 aliphatic carbocycles. The smallest absolute Gasteiger partial charge is 0.321 e. The maximum atomic E-state index is 13.5. The number of amides is 3. The number of hydrogen-bond acceptors (Lipinski definition) is 7. The van der Waals surface area contributed by atoms with Crippen molar-refractivity contribution in [2.75, 3.05) is 59.8 Å². The molecule has 204 valence electrons. The minimum Gasteiger partial charge on any atom is -0.497 e. The van der Waals surface area contributed by atoms with Crippen LogP contribution in [-0.2, 0) is 0 Å². The largest absolute Gasteiger partial charge is 0.497 e. The third kappa shape index (κ3) is 7.37. The van der Waals surface area contributed by atoms with Gasteiger partial charge in [0.1, 0.15) is 17.4 Å². The number of rotatable bonds is 7. The Bertz CT molecular complexity index is 1170. The molecule has 2 aromatic rings. The minimum atomic E-state index is -0.458. The lowest BCUT2D eigenvalue weighted by Crippen LogP contribution is -2.50. The fourth-order valence-corrected chi connectivity index (χ4v) is 3.93. The number of ether oxygens (including phenoxy) is 2. The standard InChI is InChI=1S/C28H37N5O5/c1-19-16-33(20(2)18-34)27(35)24-14-21(8-7-13-31(3)4)15-29-26(24)38-25(19)17-32(5)28(36)30-22-9-11-23(37-6)12-10-22/h9-12,14-15,19-20,25,34H,13,16-18H2,1-6H3,(H,30,36)/t19-,20+,25+/m1/s1. The van der Waals surface area contributed by atoms with Gasteiger partial charge in [0.15, 0.2) is 0 Å². The number of fused-ring (bicyclic) bond motifs is 1. The molecule has 2 heterocycles. The number of methoxy groups -OCH3 is 1. The van der Waals surface area contributed by atoms with Crippen molar-refractivity contribution in [1.29, 1.82) is 0 Å². The molecule has 38 heavy (non-hydrogen) atoms. The number of pyridine rings is 1. The Hall–Kier alpha value is -3.81. The van der Waals surface area contributed by atoms with Crippen LogP contribution in [0, 0.1) is 17.8 Å². The van der Waals surface area contributed by atoms with E-state index in [0.717, 1.165) is 0 Å². The highest BCUT2D eigenvalue weighted by Crippen LogP contribution is 2.27. The first-order valence-corrected chi connectivity index (χ1v) is 12.5. The molecule has 3 atom stereocenters. The zero-order valence-electron chi connectivity index (χ0n) is 22.9. The summed E-state index contributed by atoms with van der Waals surface area (Å²) in [4.78, 5) is 36.0. The zero-order chi connectivity index (χ0) is 27.8. The number of benzene rings is 1. The topological polar surface area (TPSA) is 107 Å². The molecule has 2 N–H and O–H groups in total. The number of urea groups is 1. The van der Waals surface area contributed by atoms with Crippen molar-refractivity contribution in [3.05, 3.63) is 47.7 Å². The second-order valence-corrected chi connectivity index (χ2v) is 9.78. The van der Waals surface area contributed by atoms with Crippen molar-refractivity contribution in [1.82, 2.24) is 19.7 Å². The highest BCUT2D eigenvalue weighted by atomic mass is 16.5. The van der Waals surface area contributed by atoms with Crippen LogP contribution in [0.4, 0.5) is 10.5 Å². The average Bonchev–Trinajstić information content (AvgIpc) is 2.90. The van der Waals surface area contributed by atoms with Crippen LogP contribution in [0.2, 0.25) is 0 Å². The molecule has 1 aromatic carbocycles. The fraction of sp³-hybridized carbons (Fsp3) is 0.464. The van der Waals surface area contributed by atoms with Gasteiger partial charge in [-0.3, -0.25) is 9.69 Å². The molecule has 0 saturated heterocycles. The number of hydrogen-bond donors (Lipinski definition) is 2. The summed E-state index contributed by atoms with van der Waals surface area (Å²) in [5, 5.41) is 12.7. The Morgan fingerprint density at radius 2 is 2.03 bits per heavy atom. The molecule has 0 bridgehead atoms. The Labute approximate surface area is 224 Å². The molecule has 3 amide bonds. The molecule has 0 saturated carbocycles. The van der Waals surface area contributed by atoms with E-state index in [1.165, 1.54) is 4.90 Å². The molecule has 10 heteroatoms. The van der Waals surface area contributed by atoms with E-state index in [0.29, 0.717) is 30.1 Å². The Balaban J connectivity index is 1.84. The lowest BCUT2D eigenvalue weighted by atomic mass is 10.00. The first-order chi connectivity index (χ1) is 18.1. The monoisotopic (exact) mass is 523 g/mol. The minimum absolute atomic E-state index is 0.154. The van der Waals surface area contributed by atoms with E-state index >= 15 is 0 Å². The van der Waals surface area contributed by atoms with Crippen LogP contribution in [0.15, 0.2) is 36.5 Å². The Morgan fingerprint density at radius 3 is 2.66 bits per heavy atom. The van der Waals surface area contributed by atoms with E-state index in [2.05, 4.69) is 22.1 Å². The first kappa shape index (κ1) is 28.8. The lowest BCUT2D eigenvalue weighted by molar-refractivity contribution is 0.0356. The quantitative estimate of drug-likeness (QED) is 0.537. The van der Waals surface area contributed by atoms with Crippen LogP contribution in [0.3, 0.4) is 0 Å². The third-order valence-electron chi connectivity index (χ3n) is 6.29. The summed E-state index contributed by atoms with van der Waals surface area (Å²) in [6.07, 6.45) is 1.12. The number of anilines is 1. The van der Waals surface area contributed by atoms with Gasteiger partial charge in [-0.25, -0.2) is 9.78 Å². The fourth-order valence-electron chi connectivity index (χ4n) is 3.93. The Kier molecular flexibility index (Phi) is 9.93. The number of carbonyl (C=O) groups is 2. The highest BCUT2D eigenvalue weighted by molar-refractivity contribution is 5.97. The number of aliphatic hydroxyl groups is 1. The van der Waals surface area contributed by atoms with Gasteiger partial charge in [0.25, 0.3) is 5.91 Å². The summed E-state index contributed by atoms with van der Waals surface area (Å²) in [5.41, 5.74) is 1.52. The molecule has 0 unspecified atom stereocenters. The normalized spacial score (nSPS) is 17.8. The summed E-state index contributed by atoms with van der Waals surface area (Å²) in [6, 6.07) is 8.03. The lowest BCUT2D eigenvalue weighted by Gasteiger charge is -2.37. The van der Waals surface area contributed by atoms with Crippen LogP contribution in [0.25, 0.3) is 0 Å². The van der Waals surface area contributed by atoms with Gasteiger partial charge in [0.2, 0.25) is 5.88 Å². The van der Waals surface area contributed by atoms with E-state index in [-0.39, 0.29) is 42.5 Å². The van der Waals surface area contributed by atoms with E-state index in [9.17, 15) is 14.7 Å². The molecule has 3 rings (SSSR count). The first-order valence-electron chi connectivity index (χ1n) is 12.5. The van der Waals surface area contributed by atoms with Gasteiger partial charge in [0, 0.05) is 37.0 Å². The van der Waals surface area contributed by atoms with Crippen molar-refractivity contribution in [2.24, 2.45) is 5.92 Å². The average molecular weight is 524 g/mol. The maximum Gasteiger partial charge on any atom is 0.321 e.